The topological polar surface area (TPSA) is 12.9 Å². The fourth-order valence-electron chi connectivity index (χ4n) is 0.717. The summed E-state index contributed by atoms with van der Waals surface area (Å²) in [7, 11) is 0. The van der Waals surface area contributed by atoms with Crippen molar-refractivity contribution in [1.82, 2.24) is 4.98 Å². The molecule has 0 atom stereocenters. The van der Waals surface area contributed by atoms with Crippen LogP contribution in [0, 0.1) is 5.38 Å². The van der Waals surface area contributed by atoms with Crippen molar-refractivity contribution in [3.63, 3.8) is 0 Å². The van der Waals surface area contributed by atoms with E-state index in [9.17, 15) is 0 Å². The van der Waals surface area contributed by atoms with Gasteiger partial charge in [0.25, 0.3) is 0 Å². The second-order valence-electron chi connectivity index (χ2n) is 1.82. The summed E-state index contributed by atoms with van der Waals surface area (Å²) >= 11 is 3.25. The molecule has 2 aromatic heterocycles. The maximum atomic E-state index is 3.99. The van der Waals surface area contributed by atoms with Crippen molar-refractivity contribution in [2.75, 3.05) is 0 Å². The molecule has 10 heavy (non-hydrogen) atoms. The fourth-order valence-corrected chi connectivity index (χ4v) is 1.99. The summed E-state index contributed by atoms with van der Waals surface area (Å²) in [4.78, 5) is 5.21. The smallest absolute Gasteiger partial charge is 0.0797 e. The average molecular weight is 166 g/mol. The third-order valence-electron chi connectivity index (χ3n) is 1.19. The lowest BCUT2D eigenvalue weighted by molar-refractivity contribution is 1.43. The molecule has 2 heterocycles. The van der Waals surface area contributed by atoms with Crippen molar-refractivity contribution in [3.8, 4) is 10.4 Å². The Morgan fingerprint density at radius 1 is 1.50 bits per heavy atom. The van der Waals surface area contributed by atoms with Gasteiger partial charge in [-0.1, -0.05) is 0 Å². The Bertz CT molecular complexity index is 251. The summed E-state index contributed by atoms with van der Waals surface area (Å²) in [5.41, 5.74) is 3.07. The van der Waals surface area contributed by atoms with E-state index >= 15 is 0 Å². The van der Waals surface area contributed by atoms with E-state index in [2.05, 4.69) is 15.7 Å². The van der Waals surface area contributed by atoms with Gasteiger partial charge in [0.15, 0.2) is 0 Å². The first-order valence-electron chi connectivity index (χ1n) is 2.80. The van der Waals surface area contributed by atoms with Gasteiger partial charge >= 0.3 is 0 Å². The van der Waals surface area contributed by atoms with Crippen LogP contribution in [0.3, 0.4) is 0 Å². The van der Waals surface area contributed by atoms with Crippen LogP contribution in [0.4, 0.5) is 0 Å². The summed E-state index contributed by atoms with van der Waals surface area (Å²) in [5.74, 6) is 0. The highest BCUT2D eigenvalue weighted by molar-refractivity contribution is 7.14. The second kappa shape index (κ2) is 2.52. The first kappa shape index (κ1) is 6.07. The van der Waals surface area contributed by atoms with Crippen LogP contribution < -0.4 is 0 Å². The Balaban J connectivity index is 2.48. The molecule has 0 aliphatic rings. The maximum Gasteiger partial charge on any atom is 0.0797 e. The minimum absolute atomic E-state index is 1.22. The Hall–Kier alpha value is -0.670. The number of nitrogens with zero attached hydrogens (tertiary/aromatic N) is 1. The van der Waals surface area contributed by atoms with Crippen molar-refractivity contribution in [3.05, 3.63) is 28.5 Å². The molecule has 0 aliphatic heterocycles. The zero-order valence-electron chi connectivity index (χ0n) is 5.07. The number of hydrogen-bond acceptors (Lipinski definition) is 3. The largest absolute Gasteiger partial charge is 0.252 e. The molecule has 2 aromatic rings. The number of aromatic nitrogens is 1. The molecule has 2 rings (SSSR count). The molecule has 49 valence electrons. The monoisotopic (exact) mass is 166 g/mol. The van der Waals surface area contributed by atoms with Gasteiger partial charge in [0.1, 0.15) is 0 Å². The summed E-state index contributed by atoms with van der Waals surface area (Å²) in [6, 6.07) is 1.98. The standard InChI is InChI=1S/C7H4NS2/c1-2-9-4-6(1)7-3-8-5-10-7/h1,3-5H. The van der Waals surface area contributed by atoms with Gasteiger partial charge in [0.2, 0.25) is 0 Å². The van der Waals surface area contributed by atoms with Crippen molar-refractivity contribution >= 4 is 22.7 Å². The summed E-state index contributed by atoms with van der Waals surface area (Å²) in [5, 5.41) is 5.12. The summed E-state index contributed by atoms with van der Waals surface area (Å²) in [6.45, 7) is 0. The quantitative estimate of drug-likeness (QED) is 0.634. The van der Waals surface area contributed by atoms with Gasteiger partial charge in [-0.15, -0.1) is 22.7 Å². The van der Waals surface area contributed by atoms with Gasteiger partial charge in [0, 0.05) is 22.5 Å². The molecule has 0 unspecified atom stereocenters. The molecule has 1 nitrogen and oxygen atoms in total. The number of rotatable bonds is 1. The van der Waals surface area contributed by atoms with Crippen LogP contribution >= 0.6 is 22.7 Å². The minimum atomic E-state index is 1.22. The van der Waals surface area contributed by atoms with Gasteiger partial charge in [0.05, 0.1) is 10.4 Å². The molecule has 0 saturated carbocycles. The normalized spacial score (nSPS) is 10.0. The zero-order chi connectivity index (χ0) is 6.81. The predicted molar refractivity (Wildman–Crippen MR) is 44.3 cm³/mol. The Kier molecular flexibility index (Phi) is 1.53. The highest BCUT2D eigenvalue weighted by atomic mass is 32.1. The third-order valence-corrected chi connectivity index (χ3v) is 2.63. The lowest BCUT2D eigenvalue weighted by Crippen LogP contribution is -1.59. The van der Waals surface area contributed by atoms with Gasteiger partial charge < -0.3 is 0 Å². The van der Waals surface area contributed by atoms with E-state index in [1.165, 1.54) is 10.4 Å². The molecule has 0 saturated heterocycles. The second-order valence-corrected chi connectivity index (χ2v) is 3.41. The van der Waals surface area contributed by atoms with Crippen molar-refractivity contribution in [1.29, 1.82) is 0 Å². The van der Waals surface area contributed by atoms with Crippen molar-refractivity contribution < 1.29 is 0 Å². The Morgan fingerprint density at radius 2 is 2.50 bits per heavy atom. The van der Waals surface area contributed by atoms with Gasteiger partial charge in [-0.25, -0.2) is 0 Å². The van der Waals surface area contributed by atoms with Crippen LogP contribution in [0.1, 0.15) is 0 Å². The third kappa shape index (κ3) is 0.978. The first-order chi connectivity index (χ1) is 4.97. The van der Waals surface area contributed by atoms with Crippen molar-refractivity contribution in [2.45, 2.75) is 0 Å². The summed E-state index contributed by atoms with van der Waals surface area (Å²) in [6.07, 6.45) is 1.88. The lowest BCUT2D eigenvalue weighted by Gasteiger charge is -1.83. The van der Waals surface area contributed by atoms with Crippen LogP contribution in [-0.2, 0) is 0 Å². The molecule has 3 heteroatoms. The molecule has 0 aliphatic carbocycles. The minimum Gasteiger partial charge on any atom is -0.252 e. The molecule has 0 fully saturated rings. The van der Waals surface area contributed by atoms with E-state index in [0.29, 0.717) is 0 Å². The van der Waals surface area contributed by atoms with Crippen LogP contribution in [0.5, 0.6) is 0 Å². The van der Waals surface area contributed by atoms with E-state index < -0.39 is 0 Å². The van der Waals surface area contributed by atoms with Gasteiger partial charge in [-0.3, -0.25) is 4.98 Å². The molecule has 0 N–H and O–H groups in total. The molecule has 1 radical (unpaired) electrons. The maximum absolute atomic E-state index is 3.99. The Morgan fingerprint density at radius 3 is 3.10 bits per heavy atom. The lowest BCUT2D eigenvalue weighted by atomic mass is 10.3. The van der Waals surface area contributed by atoms with Crippen LogP contribution in [0.2, 0.25) is 0 Å². The molecule has 0 bridgehead atoms. The van der Waals surface area contributed by atoms with E-state index in [-0.39, 0.29) is 0 Å². The molecule has 0 spiro atoms. The van der Waals surface area contributed by atoms with Gasteiger partial charge in [-0.2, -0.15) is 0 Å². The molecular formula is C7H4NS2. The van der Waals surface area contributed by atoms with Crippen LogP contribution in [0.15, 0.2) is 23.2 Å². The molecule has 0 aromatic carbocycles. The van der Waals surface area contributed by atoms with E-state index in [4.69, 9.17) is 0 Å². The highest BCUT2D eigenvalue weighted by Crippen LogP contribution is 2.24. The molecular weight excluding hydrogens is 162 g/mol. The van der Waals surface area contributed by atoms with Crippen LogP contribution in [0.25, 0.3) is 10.4 Å². The van der Waals surface area contributed by atoms with Gasteiger partial charge in [-0.05, 0) is 6.07 Å². The predicted octanol–water partition coefficient (Wildman–Crippen LogP) is 2.67. The Labute approximate surface area is 67.0 Å². The highest BCUT2D eigenvalue weighted by Gasteiger charge is 1.97. The number of thiophene rings is 1. The zero-order valence-corrected chi connectivity index (χ0v) is 6.71. The number of thiazole rings is 1. The van der Waals surface area contributed by atoms with E-state index in [1.807, 2.05) is 17.8 Å². The van der Waals surface area contributed by atoms with Crippen LogP contribution in [-0.4, -0.2) is 4.98 Å². The SMILES string of the molecule is [c]1cc(-c2cncs2)cs1. The van der Waals surface area contributed by atoms with Crippen molar-refractivity contribution in [2.24, 2.45) is 0 Å². The first-order valence-corrected chi connectivity index (χ1v) is 4.56. The molecule has 0 amide bonds. The number of hydrogen-bond donors (Lipinski definition) is 0. The average Bonchev–Trinajstić information content (AvgIpc) is 2.59. The summed E-state index contributed by atoms with van der Waals surface area (Å²) < 4.78 is 0. The fraction of sp³-hybridized carbons (Fsp3) is 0. The van der Waals surface area contributed by atoms with E-state index in [0.717, 1.165) is 0 Å². The van der Waals surface area contributed by atoms with E-state index in [1.54, 1.807) is 22.7 Å².